The molecule has 0 aliphatic rings. The number of aromatic nitrogens is 1. The van der Waals surface area contributed by atoms with Crippen molar-refractivity contribution in [1.29, 1.82) is 5.26 Å². The molecule has 200 valence electrons. The number of pyridine rings is 1. The van der Waals surface area contributed by atoms with Crippen molar-refractivity contribution in [2.45, 2.75) is 53.0 Å². The van der Waals surface area contributed by atoms with Gasteiger partial charge in [0.25, 0.3) is 0 Å². The molecule has 0 radical (unpaired) electrons. The predicted molar refractivity (Wildman–Crippen MR) is 156 cm³/mol. The van der Waals surface area contributed by atoms with Gasteiger partial charge in [-0.1, -0.05) is 55.5 Å². The van der Waals surface area contributed by atoms with Gasteiger partial charge >= 0.3 is 0 Å². The molecule has 0 aliphatic carbocycles. The summed E-state index contributed by atoms with van der Waals surface area (Å²) in [5.41, 5.74) is 9.39. The highest BCUT2D eigenvalue weighted by atomic mass is 16.5. The Kier molecular flexibility index (Phi) is 9.69. The molecule has 0 amide bonds. The molecule has 0 unspecified atom stereocenters. The van der Waals surface area contributed by atoms with Crippen LogP contribution < -0.4 is 15.4 Å². The van der Waals surface area contributed by atoms with Crippen LogP contribution in [0.15, 0.2) is 79.1 Å². The van der Waals surface area contributed by atoms with E-state index in [4.69, 9.17) is 4.74 Å². The van der Waals surface area contributed by atoms with Crippen LogP contribution in [0.25, 0.3) is 11.1 Å². The topological polar surface area (TPSA) is 90.2 Å². The molecular weight excluding hydrogens is 484 g/mol. The van der Waals surface area contributed by atoms with Crippen molar-refractivity contribution in [1.82, 2.24) is 10.3 Å². The minimum Gasteiger partial charge on any atom is -0.488 e. The fourth-order valence-electron chi connectivity index (χ4n) is 4.51. The lowest BCUT2D eigenvalue weighted by atomic mass is 9.96. The maximum Gasteiger partial charge on any atom is 0.126 e. The molecule has 0 spiro atoms. The molecule has 0 aliphatic heterocycles. The molecule has 6 nitrogen and oxygen atoms in total. The second-order valence-corrected chi connectivity index (χ2v) is 9.76. The van der Waals surface area contributed by atoms with Crippen LogP contribution in [0, 0.1) is 25.2 Å². The molecule has 0 saturated carbocycles. The fourth-order valence-corrected chi connectivity index (χ4v) is 4.51. The van der Waals surface area contributed by atoms with Gasteiger partial charge < -0.3 is 20.5 Å². The number of aliphatic hydroxyl groups excluding tert-OH is 1. The van der Waals surface area contributed by atoms with E-state index in [2.05, 4.69) is 84.1 Å². The standard InChI is InChI=1S/C33H36N4O2/c1-4-30(38)21-36-19-29-13-23(2)32(15-33(29)39-22-26-14-25(16-34)17-35-18-26)37-20-28-11-8-12-31(24(28)3)27-9-6-5-7-10-27/h5-15,17-18,30,36-38H,4,19-22H2,1-3H3/t30-/m0/s1. The van der Waals surface area contributed by atoms with Crippen LogP contribution >= 0.6 is 0 Å². The average molecular weight is 521 g/mol. The molecule has 4 aromatic rings. The zero-order chi connectivity index (χ0) is 27.6. The molecule has 0 saturated heterocycles. The Bertz CT molecular complexity index is 1430. The zero-order valence-electron chi connectivity index (χ0n) is 22.9. The summed E-state index contributed by atoms with van der Waals surface area (Å²) in [6.45, 7) is 8.29. The Morgan fingerprint density at radius 1 is 0.974 bits per heavy atom. The second kappa shape index (κ2) is 13.6. The average Bonchev–Trinajstić information content (AvgIpc) is 2.97. The lowest BCUT2D eigenvalue weighted by Crippen LogP contribution is -2.26. The third-order valence-electron chi connectivity index (χ3n) is 6.89. The van der Waals surface area contributed by atoms with Gasteiger partial charge in [-0.2, -0.15) is 5.26 Å². The second-order valence-electron chi connectivity index (χ2n) is 9.76. The Hall–Kier alpha value is -4.18. The van der Waals surface area contributed by atoms with E-state index in [9.17, 15) is 10.4 Å². The summed E-state index contributed by atoms with van der Waals surface area (Å²) in [7, 11) is 0. The summed E-state index contributed by atoms with van der Waals surface area (Å²) < 4.78 is 6.26. The zero-order valence-corrected chi connectivity index (χ0v) is 22.9. The molecule has 39 heavy (non-hydrogen) atoms. The van der Waals surface area contributed by atoms with Crippen LogP contribution in [0.1, 0.15) is 46.7 Å². The molecule has 0 fully saturated rings. The quantitative estimate of drug-likeness (QED) is 0.203. The van der Waals surface area contributed by atoms with Crippen LogP contribution in [0.2, 0.25) is 0 Å². The first-order valence-electron chi connectivity index (χ1n) is 13.4. The van der Waals surface area contributed by atoms with E-state index >= 15 is 0 Å². The van der Waals surface area contributed by atoms with Crippen molar-refractivity contribution in [2.24, 2.45) is 0 Å². The Morgan fingerprint density at radius 3 is 2.56 bits per heavy atom. The maximum atomic E-state index is 9.96. The van der Waals surface area contributed by atoms with Crippen molar-refractivity contribution in [3.05, 3.63) is 113 Å². The predicted octanol–water partition coefficient (Wildman–Crippen LogP) is 6.29. The summed E-state index contributed by atoms with van der Waals surface area (Å²) in [5.74, 6) is 0.749. The van der Waals surface area contributed by atoms with Gasteiger partial charge in [0.2, 0.25) is 0 Å². The molecule has 3 N–H and O–H groups in total. The third-order valence-corrected chi connectivity index (χ3v) is 6.89. The lowest BCUT2D eigenvalue weighted by Gasteiger charge is -2.19. The highest BCUT2D eigenvalue weighted by Crippen LogP contribution is 2.30. The van der Waals surface area contributed by atoms with Gasteiger partial charge in [0.1, 0.15) is 18.4 Å². The normalized spacial score (nSPS) is 11.6. The summed E-state index contributed by atoms with van der Waals surface area (Å²) in [5, 5.41) is 26.1. The first-order chi connectivity index (χ1) is 19.0. The van der Waals surface area contributed by atoms with Crippen LogP contribution in [0.5, 0.6) is 5.75 Å². The smallest absolute Gasteiger partial charge is 0.126 e. The number of ether oxygens (including phenoxy) is 1. The number of nitriles is 1. The Balaban J connectivity index is 1.55. The van der Waals surface area contributed by atoms with Gasteiger partial charge in [0.15, 0.2) is 0 Å². The van der Waals surface area contributed by atoms with E-state index in [0.717, 1.165) is 28.1 Å². The molecule has 4 rings (SSSR count). The largest absolute Gasteiger partial charge is 0.488 e. The minimum atomic E-state index is -0.383. The van der Waals surface area contributed by atoms with Crippen LogP contribution in [-0.4, -0.2) is 22.7 Å². The minimum absolute atomic E-state index is 0.299. The maximum absolute atomic E-state index is 9.96. The first kappa shape index (κ1) is 27.8. The van der Waals surface area contributed by atoms with Gasteiger partial charge in [-0.05, 0) is 60.2 Å². The lowest BCUT2D eigenvalue weighted by molar-refractivity contribution is 0.167. The third kappa shape index (κ3) is 7.44. The number of hydrogen-bond donors (Lipinski definition) is 3. The number of aryl methyl sites for hydroxylation is 1. The van der Waals surface area contributed by atoms with Gasteiger partial charge in [-0.3, -0.25) is 4.98 Å². The summed E-state index contributed by atoms with van der Waals surface area (Å²) in [6, 6.07) is 25.0. The molecule has 6 heteroatoms. The molecule has 3 aromatic carbocycles. The number of nitrogens with zero attached hydrogens (tertiary/aromatic N) is 2. The number of nitrogens with one attached hydrogen (secondary N) is 2. The van der Waals surface area contributed by atoms with E-state index in [-0.39, 0.29) is 6.10 Å². The van der Waals surface area contributed by atoms with E-state index in [1.165, 1.54) is 22.3 Å². The highest BCUT2D eigenvalue weighted by molar-refractivity contribution is 5.68. The summed E-state index contributed by atoms with van der Waals surface area (Å²) >= 11 is 0. The number of benzene rings is 3. The Labute approximate surface area is 231 Å². The van der Waals surface area contributed by atoms with Crippen LogP contribution in [0.4, 0.5) is 5.69 Å². The Morgan fingerprint density at radius 2 is 1.79 bits per heavy atom. The number of aliphatic hydroxyl groups is 1. The van der Waals surface area contributed by atoms with Gasteiger partial charge in [-0.15, -0.1) is 0 Å². The van der Waals surface area contributed by atoms with E-state index in [0.29, 0.717) is 38.2 Å². The number of hydrogen-bond acceptors (Lipinski definition) is 6. The summed E-state index contributed by atoms with van der Waals surface area (Å²) in [6.07, 6.45) is 3.57. The van der Waals surface area contributed by atoms with Crippen molar-refractivity contribution in [3.8, 4) is 22.9 Å². The van der Waals surface area contributed by atoms with Gasteiger partial charge in [0, 0.05) is 54.9 Å². The first-order valence-corrected chi connectivity index (χ1v) is 13.4. The highest BCUT2D eigenvalue weighted by Gasteiger charge is 2.12. The molecule has 1 atom stereocenters. The monoisotopic (exact) mass is 520 g/mol. The van der Waals surface area contributed by atoms with Gasteiger partial charge in [0.05, 0.1) is 11.7 Å². The SMILES string of the molecule is CC[C@H](O)CNCc1cc(C)c(NCc2cccc(-c3ccccc3)c2C)cc1OCc1cncc(C#N)c1. The molecule has 1 heterocycles. The van der Waals surface area contributed by atoms with Crippen molar-refractivity contribution in [2.75, 3.05) is 11.9 Å². The molecule has 0 bridgehead atoms. The van der Waals surface area contributed by atoms with Crippen molar-refractivity contribution in [3.63, 3.8) is 0 Å². The molecular formula is C33H36N4O2. The summed E-state index contributed by atoms with van der Waals surface area (Å²) in [4.78, 5) is 4.15. The van der Waals surface area contributed by atoms with E-state index in [1.807, 2.05) is 19.1 Å². The van der Waals surface area contributed by atoms with Crippen molar-refractivity contribution < 1.29 is 9.84 Å². The molecule has 1 aromatic heterocycles. The van der Waals surface area contributed by atoms with Crippen LogP contribution in [-0.2, 0) is 19.7 Å². The van der Waals surface area contributed by atoms with Gasteiger partial charge in [-0.25, -0.2) is 0 Å². The number of rotatable bonds is 12. The van der Waals surface area contributed by atoms with E-state index in [1.54, 1.807) is 18.5 Å². The van der Waals surface area contributed by atoms with E-state index < -0.39 is 0 Å². The van der Waals surface area contributed by atoms with Crippen molar-refractivity contribution >= 4 is 5.69 Å². The number of anilines is 1. The fraction of sp³-hybridized carbons (Fsp3) is 0.273. The van der Waals surface area contributed by atoms with Crippen LogP contribution in [0.3, 0.4) is 0 Å².